The molecule has 200 valence electrons. The Morgan fingerprint density at radius 3 is 1.32 bits per heavy atom. The molecule has 10 atom stereocenters. The van der Waals surface area contributed by atoms with Crippen LogP contribution < -0.4 is 0 Å². The molecule has 3 saturated carbocycles. The van der Waals surface area contributed by atoms with Gasteiger partial charge >= 0.3 is 0 Å². The van der Waals surface area contributed by atoms with Crippen molar-refractivity contribution in [3.05, 3.63) is 0 Å². The largest absolute Gasteiger partial charge is 0.353 e. The van der Waals surface area contributed by atoms with Gasteiger partial charge in [-0.2, -0.15) is 0 Å². The van der Waals surface area contributed by atoms with E-state index in [1.165, 1.54) is 25.7 Å². The third kappa shape index (κ3) is 6.99. The molecule has 0 aliphatic heterocycles. The molecular formula is C30H56O4. The number of hydrogen-bond donors (Lipinski definition) is 0. The second-order valence-corrected chi connectivity index (χ2v) is 14.0. The molecule has 0 amide bonds. The molecular weight excluding hydrogens is 424 g/mol. The van der Waals surface area contributed by atoms with Crippen molar-refractivity contribution < 1.29 is 18.9 Å². The lowest BCUT2D eigenvalue weighted by molar-refractivity contribution is -0.166. The summed E-state index contributed by atoms with van der Waals surface area (Å²) in [5.41, 5.74) is 0.775. The minimum Gasteiger partial charge on any atom is -0.353 e. The van der Waals surface area contributed by atoms with Crippen LogP contribution in [0.2, 0.25) is 0 Å². The summed E-state index contributed by atoms with van der Waals surface area (Å²) < 4.78 is 24.0. The van der Waals surface area contributed by atoms with Crippen molar-refractivity contribution in [1.82, 2.24) is 0 Å². The molecule has 0 aromatic heterocycles. The van der Waals surface area contributed by atoms with Crippen LogP contribution in [0.25, 0.3) is 0 Å². The van der Waals surface area contributed by atoms with Crippen molar-refractivity contribution in [2.24, 2.45) is 58.2 Å². The Balaban J connectivity index is 1.83. The molecule has 34 heavy (non-hydrogen) atoms. The molecule has 3 fully saturated rings. The van der Waals surface area contributed by atoms with Gasteiger partial charge in [-0.05, 0) is 112 Å². The lowest BCUT2D eigenvalue weighted by Gasteiger charge is -2.43. The summed E-state index contributed by atoms with van der Waals surface area (Å²) in [4.78, 5) is 0. The highest BCUT2D eigenvalue weighted by Crippen LogP contribution is 2.68. The van der Waals surface area contributed by atoms with Crippen molar-refractivity contribution in [3.8, 4) is 0 Å². The topological polar surface area (TPSA) is 36.9 Å². The summed E-state index contributed by atoms with van der Waals surface area (Å²) in [6.45, 7) is 25.8. The van der Waals surface area contributed by atoms with Crippen LogP contribution in [0.5, 0.6) is 0 Å². The smallest absolute Gasteiger partial charge is 0.154 e. The van der Waals surface area contributed by atoms with Crippen LogP contribution in [-0.4, -0.2) is 39.0 Å². The van der Waals surface area contributed by atoms with Gasteiger partial charge in [-0.15, -0.1) is 0 Å². The SMILES string of the molecule is CCOC(C)OCC1C(COC(C)OCC)C2CC1C1C(CC(C)(C)C)CC(CC(C)(C)C)C21. The zero-order chi connectivity index (χ0) is 25.3. The van der Waals surface area contributed by atoms with Gasteiger partial charge < -0.3 is 18.9 Å². The summed E-state index contributed by atoms with van der Waals surface area (Å²) in [6.07, 6.45) is 5.22. The van der Waals surface area contributed by atoms with Crippen molar-refractivity contribution in [1.29, 1.82) is 0 Å². The van der Waals surface area contributed by atoms with E-state index in [2.05, 4.69) is 41.5 Å². The Labute approximate surface area is 211 Å². The first-order valence-corrected chi connectivity index (χ1v) is 14.3. The maximum absolute atomic E-state index is 6.29. The number of rotatable bonds is 12. The summed E-state index contributed by atoms with van der Waals surface area (Å²) in [7, 11) is 0. The fraction of sp³-hybridized carbons (Fsp3) is 1.00. The second-order valence-electron chi connectivity index (χ2n) is 14.0. The van der Waals surface area contributed by atoms with Crippen LogP contribution in [0.4, 0.5) is 0 Å². The molecule has 4 nitrogen and oxygen atoms in total. The summed E-state index contributed by atoms with van der Waals surface area (Å²) in [6, 6.07) is 0. The van der Waals surface area contributed by atoms with E-state index in [0.29, 0.717) is 35.9 Å². The van der Waals surface area contributed by atoms with Crippen molar-refractivity contribution in [2.75, 3.05) is 26.4 Å². The van der Waals surface area contributed by atoms with Gasteiger partial charge in [-0.1, -0.05) is 41.5 Å². The third-order valence-electron chi connectivity index (χ3n) is 8.92. The van der Waals surface area contributed by atoms with E-state index in [0.717, 1.165) is 48.7 Å². The maximum atomic E-state index is 6.29. The van der Waals surface area contributed by atoms with Gasteiger partial charge in [0.15, 0.2) is 12.6 Å². The molecule has 0 saturated heterocycles. The fourth-order valence-electron chi connectivity index (χ4n) is 8.35. The highest BCUT2D eigenvalue weighted by atomic mass is 16.7. The zero-order valence-electron chi connectivity index (χ0n) is 24.1. The summed E-state index contributed by atoms with van der Waals surface area (Å²) >= 11 is 0. The van der Waals surface area contributed by atoms with Crippen molar-refractivity contribution in [2.45, 2.75) is 108 Å². The fourth-order valence-corrected chi connectivity index (χ4v) is 8.35. The lowest BCUT2D eigenvalue weighted by Crippen LogP contribution is -2.42. The average molecular weight is 481 g/mol. The van der Waals surface area contributed by atoms with E-state index in [1.807, 2.05) is 27.7 Å². The van der Waals surface area contributed by atoms with E-state index in [9.17, 15) is 0 Å². The molecule has 0 spiro atoms. The average Bonchev–Trinajstić information content (AvgIpc) is 3.33. The lowest BCUT2D eigenvalue weighted by atomic mass is 9.64. The molecule has 0 aromatic carbocycles. The van der Waals surface area contributed by atoms with Crippen molar-refractivity contribution in [3.63, 3.8) is 0 Å². The van der Waals surface area contributed by atoms with Crippen LogP contribution in [0, 0.1) is 58.2 Å². The predicted molar refractivity (Wildman–Crippen MR) is 139 cm³/mol. The van der Waals surface area contributed by atoms with Gasteiger partial charge in [0.05, 0.1) is 13.2 Å². The van der Waals surface area contributed by atoms with Crippen LogP contribution in [0.1, 0.15) is 94.9 Å². The molecule has 10 unspecified atom stereocenters. The molecule has 0 heterocycles. The van der Waals surface area contributed by atoms with Gasteiger partial charge in [0.1, 0.15) is 0 Å². The van der Waals surface area contributed by atoms with Gasteiger partial charge in [0.2, 0.25) is 0 Å². The highest BCUT2D eigenvalue weighted by Gasteiger charge is 2.64. The molecule has 0 aromatic rings. The third-order valence-corrected chi connectivity index (χ3v) is 8.92. The summed E-state index contributed by atoms with van der Waals surface area (Å²) in [5, 5.41) is 0. The van der Waals surface area contributed by atoms with Crippen LogP contribution >= 0.6 is 0 Å². The minimum atomic E-state index is -0.133. The standard InChI is InChI=1S/C30H56O4/c1-11-31-19(3)33-17-25-23-14-24(26(25)18-34-20(4)32-12-2)28-22(16-30(8,9)10)13-21(27(23)28)15-29(5,6)7/h19-28H,11-18H2,1-10H3. The monoisotopic (exact) mass is 480 g/mol. The number of fused-ring (bicyclic) bond motifs is 5. The normalized spacial score (nSPS) is 37.2. The van der Waals surface area contributed by atoms with Crippen LogP contribution in [0.3, 0.4) is 0 Å². The molecule has 0 radical (unpaired) electrons. The first-order chi connectivity index (χ1) is 15.8. The van der Waals surface area contributed by atoms with E-state index in [4.69, 9.17) is 18.9 Å². The first-order valence-electron chi connectivity index (χ1n) is 14.3. The van der Waals surface area contributed by atoms with Crippen LogP contribution in [0.15, 0.2) is 0 Å². The highest BCUT2D eigenvalue weighted by molar-refractivity contribution is 5.12. The predicted octanol–water partition coefficient (Wildman–Crippen LogP) is 7.41. The van der Waals surface area contributed by atoms with Gasteiger partial charge in [0, 0.05) is 13.2 Å². The Kier molecular flexibility index (Phi) is 9.60. The number of ether oxygens (including phenoxy) is 4. The van der Waals surface area contributed by atoms with Gasteiger partial charge in [-0.3, -0.25) is 0 Å². The first kappa shape index (κ1) is 28.4. The minimum absolute atomic E-state index is 0.133. The number of hydrogen-bond acceptors (Lipinski definition) is 4. The molecule has 2 bridgehead atoms. The second kappa shape index (κ2) is 11.5. The van der Waals surface area contributed by atoms with E-state index >= 15 is 0 Å². The van der Waals surface area contributed by atoms with Crippen LogP contribution in [-0.2, 0) is 18.9 Å². The molecule has 4 heteroatoms. The Morgan fingerprint density at radius 2 is 1.00 bits per heavy atom. The summed E-state index contributed by atoms with van der Waals surface area (Å²) in [5.74, 6) is 6.07. The van der Waals surface area contributed by atoms with Crippen molar-refractivity contribution >= 4 is 0 Å². The Bertz CT molecular complexity index is 568. The quantitative estimate of drug-likeness (QED) is 0.273. The maximum Gasteiger partial charge on any atom is 0.154 e. The van der Waals surface area contributed by atoms with Gasteiger partial charge in [0.25, 0.3) is 0 Å². The molecule has 0 N–H and O–H groups in total. The van der Waals surface area contributed by atoms with Gasteiger partial charge in [-0.25, -0.2) is 0 Å². The van der Waals surface area contributed by atoms with E-state index in [1.54, 1.807) is 0 Å². The molecule has 3 rings (SSSR count). The Hall–Kier alpha value is -0.160. The molecule has 3 aliphatic carbocycles. The molecule has 3 aliphatic rings. The van der Waals surface area contributed by atoms with E-state index in [-0.39, 0.29) is 12.6 Å². The Morgan fingerprint density at radius 1 is 0.618 bits per heavy atom. The van der Waals surface area contributed by atoms with E-state index < -0.39 is 0 Å². The zero-order valence-corrected chi connectivity index (χ0v) is 24.1.